The molecule has 2 unspecified atom stereocenters. The monoisotopic (exact) mass is 794 g/mol. The number of carboxylic acid groups (broad SMARTS) is 1. The van der Waals surface area contributed by atoms with E-state index in [4.69, 9.17) is 35.3 Å². The molecule has 3 heterocycles. The average Bonchev–Trinajstić information content (AvgIpc) is 3.80. The predicted molar refractivity (Wildman–Crippen MR) is 206 cm³/mol. The number of hydrogen-bond donors (Lipinski definition) is 4. The van der Waals surface area contributed by atoms with Crippen LogP contribution in [0.5, 0.6) is 11.5 Å². The lowest BCUT2D eigenvalue weighted by molar-refractivity contribution is -0.146. The first-order valence-corrected chi connectivity index (χ1v) is 19.8. The number of aliphatic carboxylic acids is 1. The Balaban J connectivity index is 1.20. The van der Waals surface area contributed by atoms with Crippen molar-refractivity contribution in [1.82, 2.24) is 25.7 Å². The second kappa shape index (κ2) is 14.9. The highest BCUT2D eigenvalue weighted by Crippen LogP contribution is 2.52. The van der Waals surface area contributed by atoms with Crippen molar-refractivity contribution >= 4 is 52.3 Å². The summed E-state index contributed by atoms with van der Waals surface area (Å²) in [4.78, 5) is 60.7. The average molecular weight is 795 g/mol. The maximum Gasteiger partial charge on any atom is 0.408 e. The van der Waals surface area contributed by atoms with Crippen molar-refractivity contribution < 1.29 is 43.0 Å². The summed E-state index contributed by atoms with van der Waals surface area (Å²) in [5.74, 6) is -0.0787. The minimum Gasteiger partial charge on any atom is -0.495 e. The number of fused-ring (bicyclic) bond motifs is 2. The Kier molecular flexibility index (Phi) is 10.5. The number of hydrogen-bond acceptors (Lipinski definition) is 11. The molecule has 8 atom stereocenters. The number of benzene rings is 1. The van der Waals surface area contributed by atoms with Crippen LogP contribution in [0.15, 0.2) is 28.8 Å². The summed E-state index contributed by atoms with van der Waals surface area (Å²) in [7, 11) is 1.50. The van der Waals surface area contributed by atoms with E-state index in [0.29, 0.717) is 64.4 Å². The van der Waals surface area contributed by atoms with Crippen LogP contribution in [0.3, 0.4) is 0 Å². The lowest BCUT2D eigenvalue weighted by Crippen LogP contribution is -2.59. The van der Waals surface area contributed by atoms with E-state index in [1.165, 1.54) is 18.4 Å². The molecule has 56 heavy (non-hydrogen) atoms. The normalized spacial score (nSPS) is 27.1. The molecule has 2 aromatic heterocycles. The summed E-state index contributed by atoms with van der Waals surface area (Å²) in [5, 5.41) is 23.9. The number of carboxylic acids is 1. The Labute approximate surface area is 330 Å². The smallest absolute Gasteiger partial charge is 0.408 e. The van der Waals surface area contributed by atoms with Crippen LogP contribution in [-0.4, -0.2) is 93.6 Å². The lowest BCUT2D eigenvalue weighted by Gasteiger charge is -2.35. The van der Waals surface area contributed by atoms with Gasteiger partial charge < -0.3 is 44.7 Å². The zero-order valence-corrected chi connectivity index (χ0v) is 33.6. The van der Waals surface area contributed by atoms with E-state index in [1.807, 2.05) is 41.5 Å². The van der Waals surface area contributed by atoms with Crippen LogP contribution in [0.1, 0.15) is 80.1 Å². The Morgan fingerprint density at radius 2 is 1.79 bits per heavy atom. The van der Waals surface area contributed by atoms with Gasteiger partial charge in [0, 0.05) is 30.0 Å². The topological polar surface area (TPSA) is 194 Å². The molecule has 3 amide bonds. The maximum atomic E-state index is 14.7. The SMILES string of the molecule is CC[C@@H]1C[C@]1(NC(=O)C1C[C@@H](Oc2cc(-c3cc(NC(C)C)on3)nc3c(Cl)c(OC)ccc23)CN1C(=O)[C@@H](NC(=O)OC1C[C@@H]2C[C@@H]2C1)C(C)(C)C)C(=O)O. The standard InChI is InChI=1S/C40H51ClN6O9/c1-8-22-17-40(22,37(50)51)45-35(48)28-14-24(18-47(28)36(49)34(39(4,5)6)44-38(52)55-23-12-20-11-21(20)13-23)54-30-15-26(27-16-31(56-46-27)42-19(2)3)43-33-25(30)9-10-29(53-7)32(33)41/h9-10,15-16,19-24,28,34,42H,8,11-14,17-18H2,1-7H3,(H,44,52)(H,45,48)(H,50,51)/t20-,21+,22-,23?,24-,28?,34-,40-/m1/s1. The summed E-state index contributed by atoms with van der Waals surface area (Å²) in [6, 6.07) is 4.77. The van der Waals surface area contributed by atoms with Crippen LogP contribution in [0.2, 0.25) is 5.02 Å². The van der Waals surface area contributed by atoms with Crippen molar-refractivity contribution in [2.24, 2.45) is 23.2 Å². The van der Waals surface area contributed by atoms with Crippen molar-refractivity contribution in [2.75, 3.05) is 19.0 Å². The molecule has 1 saturated heterocycles. The molecular formula is C40H51ClN6O9. The third-order valence-corrected chi connectivity index (χ3v) is 12.0. The lowest BCUT2D eigenvalue weighted by atomic mass is 9.85. The minimum absolute atomic E-state index is 0.0334. The van der Waals surface area contributed by atoms with Crippen molar-refractivity contribution in [1.29, 1.82) is 0 Å². The summed E-state index contributed by atoms with van der Waals surface area (Å²) in [6.07, 6.45) is 2.07. The van der Waals surface area contributed by atoms with E-state index in [9.17, 15) is 24.3 Å². The molecule has 3 aromatic rings. The number of halogens is 1. The van der Waals surface area contributed by atoms with E-state index in [1.54, 1.807) is 24.3 Å². The fourth-order valence-electron chi connectivity index (χ4n) is 8.37. The number of methoxy groups -OCH3 is 1. The highest BCUT2D eigenvalue weighted by molar-refractivity contribution is 6.36. The number of ether oxygens (including phenoxy) is 3. The molecule has 1 aromatic carbocycles. The molecule has 3 aliphatic carbocycles. The number of alkyl carbamates (subject to hydrolysis) is 1. The molecule has 0 spiro atoms. The number of carbonyl (C=O) groups excluding carboxylic acids is 3. The highest BCUT2D eigenvalue weighted by atomic mass is 35.5. The highest BCUT2D eigenvalue weighted by Gasteiger charge is 2.61. The largest absolute Gasteiger partial charge is 0.495 e. The predicted octanol–water partition coefficient (Wildman–Crippen LogP) is 6.03. The van der Waals surface area contributed by atoms with Crippen molar-refractivity contribution in [3.8, 4) is 22.9 Å². The first-order valence-electron chi connectivity index (χ1n) is 19.4. The minimum atomic E-state index is -1.42. The fraction of sp³-hybridized carbons (Fsp3) is 0.600. The summed E-state index contributed by atoms with van der Waals surface area (Å²) >= 11 is 6.79. The third-order valence-electron chi connectivity index (χ3n) is 11.6. The van der Waals surface area contributed by atoms with Gasteiger partial charge in [-0.05, 0) is 74.8 Å². The number of amides is 3. The third kappa shape index (κ3) is 7.78. The quantitative estimate of drug-likeness (QED) is 0.157. The molecule has 7 rings (SSSR count). The number of nitrogens with zero attached hydrogens (tertiary/aromatic N) is 3. The zero-order chi connectivity index (χ0) is 40.3. The van der Waals surface area contributed by atoms with Crippen LogP contribution in [0, 0.1) is 23.2 Å². The molecule has 0 radical (unpaired) electrons. The Morgan fingerprint density at radius 3 is 2.41 bits per heavy atom. The first kappa shape index (κ1) is 39.4. The fourth-order valence-corrected chi connectivity index (χ4v) is 8.65. The Hall–Kier alpha value is -4.79. The van der Waals surface area contributed by atoms with E-state index in [0.717, 1.165) is 12.8 Å². The molecule has 15 nitrogen and oxygen atoms in total. The van der Waals surface area contributed by atoms with Crippen LogP contribution in [0.4, 0.5) is 10.7 Å². The summed E-state index contributed by atoms with van der Waals surface area (Å²) < 4.78 is 23.4. The van der Waals surface area contributed by atoms with Gasteiger partial charge in [-0.3, -0.25) is 9.59 Å². The van der Waals surface area contributed by atoms with E-state index in [2.05, 4.69) is 21.1 Å². The summed E-state index contributed by atoms with van der Waals surface area (Å²) in [6.45, 7) is 11.2. The van der Waals surface area contributed by atoms with Crippen molar-refractivity contribution in [2.45, 2.75) is 116 Å². The van der Waals surface area contributed by atoms with Crippen LogP contribution >= 0.6 is 11.6 Å². The number of carbonyl (C=O) groups is 4. The number of nitrogens with one attached hydrogen (secondary N) is 3. The molecule has 4 aliphatic rings. The maximum absolute atomic E-state index is 14.7. The molecular weight excluding hydrogens is 744 g/mol. The summed E-state index contributed by atoms with van der Waals surface area (Å²) in [5.41, 5.74) is -1.03. The number of pyridine rings is 1. The van der Waals surface area contributed by atoms with E-state index in [-0.39, 0.29) is 36.1 Å². The van der Waals surface area contributed by atoms with Gasteiger partial charge in [0.1, 0.15) is 52.0 Å². The van der Waals surface area contributed by atoms with Gasteiger partial charge in [-0.25, -0.2) is 14.6 Å². The number of rotatable bonds is 13. The number of anilines is 1. The molecule has 4 N–H and O–H groups in total. The van der Waals surface area contributed by atoms with Crippen LogP contribution < -0.4 is 25.4 Å². The second-order valence-corrected chi connectivity index (χ2v) is 17.5. The second-order valence-electron chi connectivity index (χ2n) is 17.1. The van der Waals surface area contributed by atoms with Gasteiger partial charge in [0.15, 0.2) is 0 Å². The van der Waals surface area contributed by atoms with Gasteiger partial charge in [-0.1, -0.05) is 50.9 Å². The van der Waals surface area contributed by atoms with Gasteiger partial charge >= 0.3 is 12.1 Å². The van der Waals surface area contributed by atoms with Crippen LogP contribution in [0.25, 0.3) is 22.3 Å². The van der Waals surface area contributed by atoms with Gasteiger partial charge in [0.2, 0.25) is 17.7 Å². The zero-order valence-electron chi connectivity index (χ0n) is 32.8. The number of likely N-dealkylation sites (tertiary alicyclic amines) is 1. The van der Waals surface area contributed by atoms with Crippen molar-refractivity contribution in [3.63, 3.8) is 0 Å². The molecule has 302 valence electrons. The van der Waals surface area contributed by atoms with Gasteiger partial charge in [0.25, 0.3) is 0 Å². The molecule has 0 bridgehead atoms. The van der Waals surface area contributed by atoms with Crippen molar-refractivity contribution in [3.05, 3.63) is 29.3 Å². The van der Waals surface area contributed by atoms with Gasteiger partial charge in [0.05, 0.1) is 24.9 Å². The van der Waals surface area contributed by atoms with Crippen LogP contribution in [-0.2, 0) is 19.1 Å². The molecule has 16 heteroatoms. The number of aromatic nitrogens is 2. The first-order chi connectivity index (χ1) is 26.5. The van der Waals surface area contributed by atoms with E-state index < -0.39 is 53.0 Å². The van der Waals surface area contributed by atoms with E-state index >= 15 is 0 Å². The van der Waals surface area contributed by atoms with Gasteiger partial charge in [-0.2, -0.15) is 0 Å². The molecule has 1 aliphatic heterocycles. The Morgan fingerprint density at radius 1 is 1.05 bits per heavy atom. The Bertz CT molecular complexity index is 2020. The molecule has 3 saturated carbocycles. The molecule has 4 fully saturated rings. The van der Waals surface area contributed by atoms with Gasteiger partial charge in [-0.15, -0.1) is 0 Å².